The van der Waals surface area contributed by atoms with E-state index in [0.717, 1.165) is 5.69 Å². The fourth-order valence-corrected chi connectivity index (χ4v) is 1.12. The molecule has 0 radical (unpaired) electrons. The topological polar surface area (TPSA) is 89.1 Å². The molecule has 0 aliphatic rings. The smallest absolute Gasteiger partial charge is 0.303 e. The van der Waals surface area contributed by atoms with Gasteiger partial charge in [0.1, 0.15) is 6.33 Å². The van der Waals surface area contributed by atoms with E-state index in [1.165, 1.54) is 6.33 Å². The first-order valence-corrected chi connectivity index (χ1v) is 4.40. The van der Waals surface area contributed by atoms with Crippen molar-refractivity contribution < 1.29 is 9.90 Å². The van der Waals surface area contributed by atoms with Crippen molar-refractivity contribution in [3.05, 3.63) is 24.3 Å². The molecule has 1 rings (SSSR count). The summed E-state index contributed by atoms with van der Waals surface area (Å²) >= 11 is 0. The summed E-state index contributed by atoms with van der Waals surface area (Å²) in [7, 11) is 0. The minimum absolute atomic E-state index is 0.103. The Morgan fingerprint density at radius 2 is 2.43 bits per heavy atom. The summed E-state index contributed by atoms with van der Waals surface area (Å²) in [6.45, 7) is 0. The van der Waals surface area contributed by atoms with Crippen molar-refractivity contribution in [1.82, 2.24) is 9.97 Å². The predicted molar refractivity (Wildman–Crippen MR) is 50.6 cm³/mol. The highest BCUT2D eigenvalue weighted by Gasteiger charge is 2.07. The lowest BCUT2D eigenvalue weighted by atomic mass is 10.1. The van der Waals surface area contributed by atoms with Gasteiger partial charge in [-0.15, -0.1) is 0 Å². The first kappa shape index (κ1) is 10.6. The second-order valence-electron chi connectivity index (χ2n) is 3.10. The molecule has 0 aromatic carbocycles. The van der Waals surface area contributed by atoms with Gasteiger partial charge in [0.2, 0.25) is 0 Å². The third kappa shape index (κ3) is 3.95. The van der Waals surface area contributed by atoms with Crippen LogP contribution < -0.4 is 5.73 Å². The Morgan fingerprint density at radius 1 is 1.64 bits per heavy atom. The van der Waals surface area contributed by atoms with Crippen LogP contribution in [0.1, 0.15) is 18.5 Å². The Labute approximate surface area is 82.0 Å². The Bertz CT molecular complexity index is 289. The molecule has 0 aliphatic heterocycles. The average molecular weight is 195 g/mol. The molecular formula is C9H13N3O2. The van der Waals surface area contributed by atoms with E-state index >= 15 is 0 Å². The Morgan fingerprint density at radius 3 is 3.00 bits per heavy atom. The van der Waals surface area contributed by atoms with Gasteiger partial charge < -0.3 is 10.8 Å². The molecule has 1 unspecified atom stereocenters. The average Bonchev–Trinajstić information content (AvgIpc) is 2.16. The van der Waals surface area contributed by atoms with Gasteiger partial charge in [0.05, 0.1) is 0 Å². The number of hydrogen-bond acceptors (Lipinski definition) is 4. The van der Waals surface area contributed by atoms with Gasteiger partial charge >= 0.3 is 5.97 Å². The number of aromatic nitrogens is 2. The van der Waals surface area contributed by atoms with Crippen LogP contribution in [0.25, 0.3) is 0 Å². The van der Waals surface area contributed by atoms with E-state index in [1.807, 2.05) is 0 Å². The van der Waals surface area contributed by atoms with Crippen molar-refractivity contribution in [3.63, 3.8) is 0 Å². The molecular weight excluding hydrogens is 182 g/mol. The Kier molecular flexibility index (Phi) is 4.00. The molecule has 0 saturated heterocycles. The Balaban J connectivity index is 2.34. The fourth-order valence-electron chi connectivity index (χ4n) is 1.12. The zero-order chi connectivity index (χ0) is 10.4. The molecule has 0 bridgehead atoms. The molecule has 14 heavy (non-hydrogen) atoms. The van der Waals surface area contributed by atoms with E-state index in [4.69, 9.17) is 10.8 Å². The third-order valence-electron chi connectivity index (χ3n) is 1.84. The summed E-state index contributed by atoms with van der Waals surface area (Å²) in [6, 6.07) is 1.63. The maximum atomic E-state index is 10.3. The molecule has 0 aliphatic carbocycles. The van der Waals surface area contributed by atoms with Gasteiger partial charge in [-0.3, -0.25) is 4.79 Å². The van der Waals surface area contributed by atoms with Crippen LogP contribution in [-0.4, -0.2) is 27.1 Å². The fraction of sp³-hybridized carbons (Fsp3) is 0.444. The third-order valence-corrected chi connectivity index (χ3v) is 1.84. The molecule has 1 heterocycles. The summed E-state index contributed by atoms with van der Waals surface area (Å²) < 4.78 is 0. The lowest BCUT2D eigenvalue weighted by molar-refractivity contribution is -0.137. The van der Waals surface area contributed by atoms with Gasteiger partial charge in [0.15, 0.2) is 0 Å². The van der Waals surface area contributed by atoms with Crippen molar-refractivity contribution in [2.24, 2.45) is 5.73 Å². The number of carboxylic acid groups (broad SMARTS) is 1. The van der Waals surface area contributed by atoms with Gasteiger partial charge in [-0.2, -0.15) is 0 Å². The van der Waals surface area contributed by atoms with Gasteiger partial charge in [0, 0.05) is 30.8 Å². The van der Waals surface area contributed by atoms with Crippen molar-refractivity contribution in [3.8, 4) is 0 Å². The number of carbonyl (C=O) groups is 1. The Hall–Kier alpha value is -1.49. The van der Waals surface area contributed by atoms with Gasteiger partial charge in [-0.1, -0.05) is 0 Å². The highest BCUT2D eigenvalue weighted by Crippen LogP contribution is 2.02. The zero-order valence-electron chi connectivity index (χ0n) is 7.76. The standard InChI is InChI=1S/C9H13N3O2/c10-7(1-2-9(13)14)5-8-3-4-11-6-12-8/h3-4,6-7H,1-2,5,10H2,(H,13,14). The van der Waals surface area contributed by atoms with Gasteiger partial charge in [-0.05, 0) is 12.5 Å². The van der Waals surface area contributed by atoms with Crippen molar-refractivity contribution in [2.75, 3.05) is 0 Å². The minimum atomic E-state index is -0.817. The summed E-state index contributed by atoms with van der Waals surface area (Å²) in [5.41, 5.74) is 6.58. The van der Waals surface area contributed by atoms with Crippen LogP contribution in [0.3, 0.4) is 0 Å². The van der Waals surface area contributed by atoms with Crippen molar-refractivity contribution >= 4 is 5.97 Å². The summed E-state index contributed by atoms with van der Waals surface area (Å²) in [5.74, 6) is -0.817. The predicted octanol–water partition coefficient (Wildman–Crippen LogP) is 0.211. The monoisotopic (exact) mass is 195 g/mol. The van der Waals surface area contributed by atoms with Crippen LogP contribution >= 0.6 is 0 Å². The normalized spacial score (nSPS) is 12.4. The highest BCUT2D eigenvalue weighted by molar-refractivity contribution is 5.66. The molecule has 0 spiro atoms. The molecule has 0 amide bonds. The van der Waals surface area contributed by atoms with Crippen LogP contribution in [0.15, 0.2) is 18.6 Å². The van der Waals surface area contributed by atoms with E-state index in [9.17, 15) is 4.79 Å². The summed E-state index contributed by atoms with van der Waals surface area (Å²) in [4.78, 5) is 18.1. The van der Waals surface area contributed by atoms with Crippen molar-refractivity contribution in [1.29, 1.82) is 0 Å². The van der Waals surface area contributed by atoms with Crippen LogP contribution in [-0.2, 0) is 11.2 Å². The first-order valence-electron chi connectivity index (χ1n) is 4.40. The maximum Gasteiger partial charge on any atom is 0.303 e. The largest absolute Gasteiger partial charge is 0.481 e. The van der Waals surface area contributed by atoms with E-state index in [2.05, 4.69) is 9.97 Å². The molecule has 5 heteroatoms. The first-order chi connectivity index (χ1) is 6.68. The van der Waals surface area contributed by atoms with Gasteiger partial charge in [0.25, 0.3) is 0 Å². The SMILES string of the molecule is NC(CCC(=O)O)Cc1ccncn1. The lowest BCUT2D eigenvalue weighted by Crippen LogP contribution is -2.24. The van der Waals surface area contributed by atoms with E-state index in [-0.39, 0.29) is 12.5 Å². The molecule has 0 saturated carbocycles. The number of aliphatic carboxylic acids is 1. The number of hydrogen-bond donors (Lipinski definition) is 2. The number of carboxylic acids is 1. The summed E-state index contributed by atoms with van der Waals surface area (Å²) in [6.07, 6.45) is 4.27. The van der Waals surface area contributed by atoms with Crippen LogP contribution in [0.2, 0.25) is 0 Å². The highest BCUT2D eigenvalue weighted by atomic mass is 16.4. The second-order valence-corrected chi connectivity index (χ2v) is 3.10. The minimum Gasteiger partial charge on any atom is -0.481 e. The molecule has 76 valence electrons. The molecule has 3 N–H and O–H groups in total. The number of rotatable bonds is 5. The lowest BCUT2D eigenvalue weighted by Gasteiger charge is -2.08. The quantitative estimate of drug-likeness (QED) is 0.701. The zero-order valence-corrected chi connectivity index (χ0v) is 7.76. The number of nitrogens with two attached hydrogens (primary N) is 1. The van der Waals surface area contributed by atoms with Crippen LogP contribution in [0.5, 0.6) is 0 Å². The molecule has 5 nitrogen and oxygen atoms in total. The van der Waals surface area contributed by atoms with Crippen molar-refractivity contribution in [2.45, 2.75) is 25.3 Å². The van der Waals surface area contributed by atoms with E-state index in [1.54, 1.807) is 12.3 Å². The number of nitrogens with zero attached hydrogens (tertiary/aromatic N) is 2. The van der Waals surface area contributed by atoms with Crippen LogP contribution in [0.4, 0.5) is 0 Å². The second kappa shape index (κ2) is 5.29. The van der Waals surface area contributed by atoms with Gasteiger partial charge in [-0.25, -0.2) is 9.97 Å². The van der Waals surface area contributed by atoms with E-state index in [0.29, 0.717) is 12.8 Å². The molecule has 1 atom stereocenters. The van der Waals surface area contributed by atoms with Crippen LogP contribution in [0, 0.1) is 0 Å². The van der Waals surface area contributed by atoms with E-state index < -0.39 is 5.97 Å². The molecule has 1 aromatic heterocycles. The molecule has 1 aromatic rings. The summed E-state index contributed by atoms with van der Waals surface area (Å²) in [5, 5.41) is 8.45. The maximum absolute atomic E-state index is 10.3. The molecule has 0 fully saturated rings.